The Bertz CT molecular complexity index is 555. The van der Waals surface area contributed by atoms with Crippen molar-refractivity contribution in [2.75, 3.05) is 13.7 Å². The fraction of sp³-hybridized carbons (Fsp3) is 0.267. The Balaban J connectivity index is 1.82. The normalized spacial score (nSPS) is 11.9. The van der Waals surface area contributed by atoms with Gasteiger partial charge < -0.3 is 15.8 Å². The third-order valence-electron chi connectivity index (χ3n) is 2.98. The van der Waals surface area contributed by atoms with Crippen molar-refractivity contribution in [3.8, 4) is 5.75 Å². The van der Waals surface area contributed by atoms with Crippen molar-refractivity contribution in [1.82, 2.24) is 5.32 Å². The summed E-state index contributed by atoms with van der Waals surface area (Å²) in [6.45, 7) is 0.561. The highest BCUT2D eigenvalue weighted by Gasteiger charge is 2.15. The van der Waals surface area contributed by atoms with Gasteiger partial charge in [-0.1, -0.05) is 18.2 Å². The summed E-state index contributed by atoms with van der Waals surface area (Å²) < 4.78 is 5.16. The Morgan fingerprint density at radius 1 is 1.40 bits per heavy atom. The van der Waals surface area contributed by atoms with Gasteiger partial charge in [0.25, 0.3) is 0 Å². The minimum absolute atomic E-state index is 0.143. The van der Waals surface area contributed by atoms with Crippen LogP contribution in [-0.2, 0) is 11.2 Å². The van der Waals surface area contributed by atoms with Gasteiger partial charge in [0.1, 0.15) is 11.8 Å². The number of ether oxygens (including phenoxy) is 1. The third kappa shape index (κ3) is 3.82. The van der Waals surface area contributed by atoms with Crippen LogP contribution in [0.2, 0.25) is 0 Å². The maximum atomic E-state index is 11.9. The Morgan fingerprint density at radius 2 is 2.25 bits per heavy atom. The molecule has 0 saturated heterocycles. The first-order valence-corrected chi connectivity index (χ1v) is 7.28. The van der Waals surface area contributed by atoms with Gasteiger partial charge in [-0.3, -0.25) is 4.79 Å². The van der Waals surface area contributed by atoms with Gasteiger partial charge in [0.05, 0.1) is 7.11 Å². The number of hydrogen-bond acceptors (Lipinski definition) is 4. The van der Waals surface area contributed by atoms with Crippen molar-refractivity contribution in [2.45, 2.75) is 12.5 Å². The molecule has 1 unspecified atom stereocenters. The summed E-state index contributed by atoms with van der Waals surface area (Å²) in [7, 11) is 1.64. The van der Waals surface area contributed by atoms with Crippen LogP contribution >= 0.6 is 11.3 Å². The van der Waals surface area contributed by atoms with Crippen molar-refractivity contribution >= 4 is 17.2 Å². The highest BCUT2D eigenvalue weighted by Crippen LogP contribution is 2.16. The fourth-order valence-electron chi connectivity index (χ4n) is 1.87. The number of carbonyl (C=O) groups excluding carboxylic acids is 1. The minimum atomic E-state index is -0.583. The second kappa shape index (κ2) is 7.07. The first-order chi connectivity index (χ1) is 9.70. The van der Waals surface area contributed by atoms with E-state index in [1.807, 2.05) is 41.8 Å². The first-order valence-electron chi connectivity index (χ1n) is 6.40. The number of thiophene rings is 1. The monoisotopic (exact) mass is 290 g/mol. The van der Waals surface area contributed by atoms with Crippen molar-refractivity contribution in [3.63, 3.8) is 0 Å². The van der Waals surface area contributed by atoms with Gasteiger partial charge >= 0.3 is 0 Å². The lowest BCUT2D eigenvalue weighted by Crippen LogP contribution is -2.34. The van der Waals surface area contributed by atoms with Crippen LogP contribution in [0.1, 0.15) is 16.5 Å². The minimum Gasteiger partial charge on any atom is -0.497 e. The maximum absolute atomic E-state index is 11.9. The Kier molecular flexibility index (Phi) is 5.15. The van der Waals surface area contributed by atoms with Crippen LogP contribution in [0.5, 0.6) is 5.75 Å². The molecular formula is C15H18N2O2S. The Labute approximate surface area is 122 Å². The van der Waals surface area contributed by atoms with E-state index >= 15 is 0 Å². The van der Waals surface area contributed by atoms with E-state index in [0.29, 0.717) is 6.54 Å². The molecule has 0 radical (unpaired) electrons. The number of nitrogens with two attached hydrogens (primary N) is 1. The summed E-state index contributed by atoms with van der Waals surface area (Å²) in [6.07, 6.45) is 0.750. The Morgan fingerprint density at radius 3 is 2.95 bits per heavy atom. The van der Waals surface area contributed by atoms with Crippen molar-refractivity contribution < 1.29 is 9.53 Å². The molecule has 0 fully saturated rings. The SMILES string of the molecule is COc1cccc(CCNC(=O)C(N)c2cccs2)c1. The van der Waals surface area contributed by atoms with Gasteiger partial charge in [-0.2, -0.15) is 0 Å². The predicted octanol–water partition coefficient (Wildman–Crippen LogP) is 2.12. The van der Waals surface area contributed by atoms with Crippen LogP contribution in [-0.4, -0.2) is 19.6 Å². The number of amides is 1. The number of rotatable bonds is 6. The average molecular weight is 290 g/mol. The second-order valence-corrected chi connectivity index (χ2v) is 5.36. The van der Waals surface area contributed by atoms with E-state index < -0.39 is 6.04 Å². The van der Waals surface area contributed by atoms with Crippen LogP contribution in [0.4, 0.5) is 0 Å². The molecule has 2 aromatic rings. The molecule has 5 heteroatoms. The number of nitrogens with one attached hydrogen (secondary N) is 1. The molecule has 1 heterocycles. The van der Waals surface area contributed by atoms with E-state index in [2.05, 4.69) is 5.32 Å². The smallest absolute Gasteiger partial charge is 0.242 e. The van der Waals surface area contributed by atoms with Gasteiger partial charge in [0.2, 0.25) is 5.91 Å². The van der Waals surface area contributed by atoms with Crippen LogP contribution < -0.4 is 15.8 Å². The lowest BCUT2D eigenvalue weighted by Gasteiger charge is -2.11. The molecule has 1 atom stereocenters. The quantitative estimate of drug-likeness (QED) is 0.856. The topological polar surface area (TPSA) is 64.3 Å². The Hall–Kier alpha value is -1.85. The first kappa shape index (κ1) is 14.6. The van der Waals surface area contributed by atoms with Crippen LogP contribution in [0, 0.1) is 0 Å². The van der Waals surface area contributed by atoms with Crippen LogP contribution in [0.15, 0.2) is 41.8 Å². The molecule has 4 nitrogen and oxygen atoms in total. The zero-order valence-electron chi connectivity index (χ0n) is 11.3. The summed E-state index contributed by atoms with van der Waals surface area (Å²) in [5, 5.41) is 4.77. The zero-order valence-corrected chi connectivity index (χ0v) is 12.2. The molecule has 1 amide bonds. The molecule has 0 aliphatic carbocycles. The largest absolute Gasteiger partial charge is 0.497 e. The second-order valence-electron chi connectivity index (χ2n) is 4.39. The lowest BCUT2D eigenvalue weighted by molar-refractivity contribution is -0.122. The molecule has 20 heavy (non-hydrogen) atoms. The molecule has 106 valence electrons. The predicted molar refractivity (Wildman–Crippen MR) is 81.0 cm³/mol. The van der Waals surface area contributed by atoms with Crippen molar-refractivity contribution in [3.05, 3.63) is 52.2 Å². The van der Waals surface area contributed by atoms with Crippen molar-refractivity contribution in [2.24, 2.45) is 5.73 Å². The lowest BCUT2D eigenvalue weighted by atomic mass is 10.1. The summed E-state index contributed by atoms with van der Waals surface area (Å²) in [4.78, 5) is 12.8. The van der Waals surface area contributed by atoms with Gasteiger partial charge in [-0.05, 0) is 35.6 Å². The van der Waals surface area contributed by atoms with E-state index in [-0.39, 0.29) is 5.91 Å². The number of carbonyl (C=O) groups is 1. The van der Waals surface area contributed by atoms with Crippen LogP contribution in [0.25, 0.3) is 0 Å². The fourth-order valence-corrected chi connectivity index (χ4v) is 2.59. The number of methoxy groups -OCH3 is 1. The van der Waals surface area contributed by atoms with E-state index in [0.717, 1.165) is 22.6 Å². The molecule has 0 spiro atoms. The zero-order chi connectivity index (χ0) is 14.4. The summed E-state index contributed by atoms with van der Waals surface area (Å²) in [6, 6.07) is 11.0. The molecule has 1 aromatic carbocycles. The third-order valence-corrected chi connectivity index (χ3v) is 3.93. The highest BCUT2D eigenvalue weighted by molar-refractivity contribution is 7.10. The summed E-state index contributed by atoms with van der Waals surface area (Å²) in [5.41, 5.74) is 7.01. The van der Waals surface area contributed by atoms with E-state index in [4.69, 9.17) is 10.5 Å². The molecule has 0 saturated carbocycles. The number of hydrogen-bond donors (Lipinski definition) is 2. The molecule has 0 bridgehead atoms. The molecule has 0 aliphatic rings. The van der Waals surface area contributed by atoms with Gasteiger partial charge in [-0.25, -0.2) is 0 Å². The molecule has 0 aliphatic heterocycles. The highest BCUT2D eigenvalue weighted by atomic mass is 32.1. The van der Waals surface area contributed by atoms with Gasteiger partial charge in [0, 0.05) is 11.4 Å². The van der Waals surface area contributed by atoms with E-state index in [1.54, 1.807) is 7.11 Å². The maximum Gasteiger partial charge on any atom is 0.242 e. The van der Waals surface area contributed by atoms with Gasteiger partial charge in [0.15, 0.2) is 0 Å². The van der Waals surface area contributed by atoms with E-state index in [1.165, 1.54) is 11.3 Å². The standard InChI is InChI=1S/C15H18N2O2S/c1-19-12-5-2-4-11(10-12)7-8-17-15(18)14(16)13-6-3-9-20-13/h2-6,9-10,14H,7-8,16H2,1H3,(H,17,18). The average Bonchev–Trinajstić information content (AvgIpc) is 3.00. The molecule has 2 rings (SSSR count). The molecular weight excluding hydrogens is 272 g/mol. The van der Waals surface area contributed by atoms with Crippen LogP contribution in [0.3, 0.4) is 0 Å². The van der Waals surface area contributed by atoms with Gasteiger partial charge in [-0.15, -0.1) is 11.3 Å². The summed E-state index contributed by atoms with van der Waals surface area (Å²) >= 11 is 1.49. The molecule has 1 aromatic heterocycles. The van der Waals surface area contributed by atoms with E-state index in [9.17, 15) is 4.79 Å². The molecule has 3 N–H and O–H groups in total. The number of benzene rings is 1. The summed E-state index contributed by atoms with van der Waals surface area (Å²) in [5.74, 6) is 0.680. The van der Waals surface area contributed by atoms with Crippen molar-refractivity contribution in [1.29, 1.82) is 0 Å².